The van der Waals surface area contributed by atoms with Crippen LogP contribution in [0.4, 0.5) is 0 Å². The van der Waals surface area contributed by atoms with Gasteiger partial charge in [0.05, 0.1) is 0 Å². The van der Waals surface area contributed by atoms with Crippen LogP contribution in [0.1, 0.15) is 310 Å². The van der Waals surface area contributed by atoms with Crippen LogP contribution in [-0.4, -0.2) is 37.2 Å². The Labute approximate surface area is 422 Å². The van der Waals surface area contributed by atoms with Crippen molar-refractivity contribution in [3.63, 3.8) is 0 Å². The molecular weight excluding hydrogens is 841 g/mol. The minimum Gasteiger partial charge on any atom is -0.462 e. The SMILES string of the molecule is CC\C=C/C=C\C=C/CCCCCCCCCC(=O)OCC(COC(=O)CCCCCCCCC/C=C\CCCCCCCCCC)OC(=O)CCCCCCCCCCCCCCCCCC. The van der Waals surface area contributed by atoms with E-state index in [1.807, 2.05) is 0 Å². The van der Waals surface area contributed by atoms with Crippen molar-refractivity contribution < 1.29 is 28.6 Å². The number of hydrogen-bond acceptors (Lipinski definition) is 6. The van der Waals surface area contributed by atoms with Crippen molar-refractivity contribution in [3.05, 3.63) is 48.6 Å². The quantitative estimate of drug-likeness (QED) is 0.0199. The predicted octanol–water partition coefficient (Wildman–Crippen LogP) is 19.8. The standard InChI is InChI=1S/C62H112O6/c1-4-7-10-13-16-19-22-25-28-30-31-32-35-37-40-43-46-49-52-55-61(64)67-58-59(57-66-60(63)54-51-48-45-42-39-36-33-27-24-21-18-15-12-9-6-3)68-62(65)56-53-50-47-44-41-38-34-29-26-23-20-17-14-11-8-5-2/h9,12,15,18,21,24,30-31,59H,4-8,10-11,13-14,16-17,19-20,22-23,25-29,32-58H2,1-3H3/b12-9-,18-15-,24-21-,31-30-. The van der Waals surface area contributed by atoms with Crippen LogP contribution in [0, 0.1) is 0 Å². The van der Waals surface area contributed by atoms with Crippen LogP contribution in [0.2, 0.25) is 0 Å². The summed E-state index contributed by atoms with van der Waals surface area (Å²) in [4.78, 5) is 38.2. The largest absolute Gasteiger partial charge is 0.462 e. The average molecular weight is 954 g/mol. The van der Waals surface area contributed by atoms with Gasteiger partial charge in [-0.1, -0.05) is 275 Å². The van der Waals surface area contributed by atoms with Crippen molar-refractivity contribution in [2.24, 2.45) is 0 Å². The van der Waals surface area contributed by atoms with E-state index in [1.165, 1.54) is 199 Å². The molecule has 6 heteroatoms. The van der Waals surface area contributed by atoms with Crippen LogP contribution in [0.25, 0.3) is 0 Å². The first kappa shape index (κ1) is 65.4. The summed E-state index contributed by atoms with van der Waals surface area (Å²) < 4.78 is 16.9. The minimum atomic E-state index is -0.778. The Kier molecular flexibility index (Phi) is 54.8. The van der Waals surface area contributed by atoms with E-state index in [4.69, 9.17) is 14.2 Å². The Hall–Kier alpha value is -2.63. The lowest BCUT2D eigenvalue weighted by Crippen LogP contribution is -2.30. The van der Waals surface area contributed by atoms with E-state index >= 15 is 0 Å². The van der Waals surface area contributed by atoms with Gasteiger partial charge in [0.2, 0.25) is 0 Å². The minimum absolute atomic E-state index is 0.0762. The molecule has 0 aromatic heterocycles. The summed E-state index contributed by atoms with van der Waals surface area (Å²) in [7, 11) is 0. The maximum Gasteiger partial charge on any atom is 0.306 e. The van der Waals surface area contributed by atoms with Crippen molar-refractivity contribution in [2.45, 2.75) is 316 Å². The van der Waals surface area contributed by atoms with Crippen molar-refractivity contribution in [2.75, 3.05) is 13.2 Å². The highest BCUT2D eigenvalue weighted by Gasteiger charge is 2.19. The average Bonchev–Trinajstić information content (AvgIpc) is 3.34. The molecule has 396 valence electrons. The summed E-state index contributed by atoms with van der Waals surface area (Å²) in [6, 6.07) is 0. The fourth-order valence-electron chi connectivity index (χ4n) is 8.67. The molecule has 0 fully saturated rings. The summed E-state index contributed by atoms with van der Waals surface area (Å²) in [5.74, 6) is -0.875. The third kappa shape index (κ3) is 54.3. The number of ether oxygens (including phenoxy) is 3. The van der Waals surface area contributed by atoms with Gasteiger partial charge in [0.25, 0.3) is 0 Å². The lowest BCUT2D eigenvalue weighted by atomic mass is 10.0. The molecule has 0 aliphatic carbocycles. The smallest absolute Gasteiger partial charge is 0.306 e. The van der Waals surface area contributed by atoms with Gasteiger partial charge in [0.15, 0.2) is 6.10 Å². The van der Waals surface area contributed by atoms with Crippen molar-refractivity contribution in [3.8, 4) is 0 Å². The van der Waals surface area contributed by atoms with Crippen LogP contribution in [0.15, 0.2) is 48.6 Å². The molecule has 1 atom stereocenters. The number of allylic oxidation sites excluding steroid dienone is 8. The zero-order valence-electron chi connectivity index (χ0n) is 45.4. The van der Waals surface area contributed by atoms with E-state index in [9.17, 15) is 14.4 Å². The summed E-state index contributed by atoms with van der Waals surface area (Å²) in [6.07, 6.45) is 69.6. The van der Waals surface area contributed by atoms with Crippen LogP contribution < -0.4 is 0 Å². The summed E-state index contributed by atoms with van der Waals surface area (Å²) in [5, 5.41) is 0. The van der Waals surface area contributed by atoms with E-state index < -0.39 is 6.10 Å². The predicted molar refractivity (Wildman–Crippen MR) is 293 cm³/mol. The van der Waals surface area contributed by atoms with E-state index in [1.54, 1.807) is 0 Å². The van der Waals surface area contributed by atoms with Gasteiger partial charge in [0, 0.05) is 19.3 Å². The topological polar surface area (TPSA) is 78.9 Å². The Balaban J connectivity index is 4.35. The molecule has 0 spiro atoms. The van der Waals surface area contributed by atoms with Crippen molar-refractivity contribution >= 4 is 17.9 Å². The molecule has 0 bridgehead atoms. The molecule has 1 unspecified atom stereocenters. The molecule has 0 aliphatic rings. The van der Waals surface area contributed by atoms with Gasteiger partial charge in [-0.15, -0.1) is 0 Å². The van der Waals surface area contributed by atoms with Crippen LogP contribution in [0.3, 0.4) is 0 Å². The Bertz CT molecular complexity index is 1190. The number of carbonyl (C=O) groups is 3. The van der Waals surface area contributed by atoms with Crippen molar-refractivity contribution in [1.82, 2.24) is 0 Å². The molecule has 68 heavy (non-hydrogen) atoms. The molecule has 0 amide bonds. The zero-order valence-corrected chi connectivity index (χ0v) is 45.4. The van der Waals surface area contributed by atoms with Crippen LogP contribution >= 0.6 is 0 Å². The van der Waals surface area contributed by atoms with Gasteiger partial charge in [-0.2, -0.15) is 0 Å². The highest BCUT2D eigenvalue weighted by molar-refractivity contribution is 5.71. The van der Waals surface area contributed by atoms with Gasteiger partial charge >= 0.3 is 17.9 Å². The maximum absolute atomic E-state index is 12.9. The fraction of sp³-hybridized carbons (Fsp3) is 0.823. The van der Waals surface area contributed by atoms with Crippen molar-refractivity contribution in [1.29, 1.82) is 0 Å². The third-order valence-electron chi connectivity index (χ3n) is 13.1. The summed E-state index contributed by atoms with van der Waals surface area (Å²) in [5.41, 5.74) is 0. The summed E-state index contributed by atoms with van der Waals surface area (Å²) in [6.45, 7) is 6.54. The van der Waals surface area contributed by atoms with Gasteiger partial charge in [-0.05, 0) is 64.2 Å². The monoisotopic (exact) mass is 953 g/mol. The maximum atomic E-state index is 12.9. The van der Waals surface area contributed by atoms with Gasteiger partial charge in [-0.3, -0.25) is 14.4 Å². The molecule has 0 aliphatic heterocycles. The molecule has 0 saturated carbocycles. The van der Waals surface area contributed by atoms with E-state index in [0.29, 0.717) is 19.3 Å². The first-order valence-electron chi connectivity index (χ1n) is 29.7. The number of carbonyl (C=O) groups excluding carboxylic acids is 3. The van der Waals surface area contributed by atoms with Crippen LogP contribution in [0.5, 0.6) is 0 Å². The second-order valence-electron chi connectivity index (χ2n) is 19.9. The first-order valence-corrected chi connectivity index (χ1v) is 29.7. The number of esters is 3. The molecule has 6 nitrogen and oxygen atoms in total. The highest BCUT2D eigenvalue weighted by atomic mass is 16.6. The molecule has 0 N–H and O–H groups in total. The molecular formula is C62H112O6. The highest BCUT2D eigenvalue weighted by Crippen LogP contribution is 2.17. The lowest BCUT2D eigenvalue weighted by Gasteiger charge is -2.18. The third-order valence-corrected chi connectivity index (χ3v) is 13.1. The second-order valence-corrected chi connectivity index (χ2v) is 19.9. The molecule has 0 rings (SSSR count). The van der Waals surface area contributed by atoms with E-state index in [0.717, 1.165) is 70.6 Å². The number of hydrogen-bond donors (Lipinski definition) is 0. The van der Waals surface area contributed by atoms with Crippen LogP contribution in [-0.2, 0) is 28.6 Å². The molecule has 0 aromatic rings. The normalized spacial score (nSPS) is 12.3. The van der Waals surface area contributed by atoms with Gasteiger partial charge in [0.1, 0.15) is 13.2 Å². The molecule has 0 radical (unpaired) electrons. The van der Waals surface area contributed by atoms with Gasteiger partial charge < -0.3 is 14.2 Å². The Morgan fingerprint density at radius 2 is 0.588 bits per heavy atom. The zero-order chi connectivity index (χ0) is 49.3. The lowest BCUT2D eigenvalue weighted by molar-refractivity contribution is -0.167. The molecule has 0 aromatic carbocycles. The van der Waals surface area contributed by atoms with E-state index in [-0.39, 0.29) is 31.1 Å². The number of rotatable bonds is 54. The summed E-state index contributed by atoms with van der Waals surface area (Å²) >= 11 is 0. The van der Waals surface area contributed by atoms with Gasteiger partial charge in [-0.25, -0.2) is 0 Å². The Morgan fingerprint density at radius 1 is 0.309 bits per heavy atom. The molecule has 0 heterocycles. The van der Waals surface area contributed by atoms with E-state index in [2.05, 4.69) is 69.4 Å². The number of unbranched alkanes of at least 4 members (excludes halogenated alkanes) is 37. The first-order chi connectivity index (χ1) is 33.5. The Morgan fingerprint density at radius 3 is 0.926 bits per heavy atom. The fourth-order valence-corrected chi connectivity index (χ4v) is 8.67. The molecule has 0 saturated heterocycles. The second kappa shape index (κ2) is 57.0.